The number of rotatable bonds is 3. The molecule has 20 heavy (non-hydrogen) atoms. The monoisotopic (exact) mass is 262 g/mol. The van der Waals surface area contributed by atoms with E-state index in [1.807, 2.05) is 6.07 Å². The summed E-state index contributed by atoms with van der Waals surface area (Å²) < 4.78 is 2.24. The molecule has 0 atom stereocenters. The summed E-state index contributed by atoms with van der Waals surface area (Å²) in [6.07, 6.45) is 4.21. The van der Waals surface area contributed by atoms with Crippen LogP contribution < -0.4 is 0 Å². The van der Waals surface area contributed by atoms with Gasteiger partial charge in [-0.15, -0.1) is 0 Å². The Hall–Kier alpha value is -2.35. The van der Waals surface area contributed by atoms with Gasteiger partial charge in [0.25, 0.3) is 0 Å². The molecule has 0 N–H and O–H groups in total. The molecular weight excluding hydrogens is 244 g/mol. The highest BCUT2D eigenvalue weighted by molar-refractivity contribution is 5.79. The Morgan fingerprint density at radius 2 is 1.75 bits per heavy atom. The van der Waals surface area contributed by atoms with Gasteiger partial charge in [0.2, 0.25) is 0 Å². The number of aromatic nitrogens is 2. The standard InChI is InChI=1S/C18H18N2/c1-3-20-17-7-5-4-6-16(17)19-18(20)13-12-15-10-8-14(2)9-11-15/h4-13H,3H2,1-2H3/b13-12+. The molecule has 0 radical (unpaired) electrons. The van der Waals surface area contributed by atoms with Crippen LogP contribution >= 0.6 is 0 Å². The van der Waals surface area contributed by atoms with E-state index in [1.54, 1.807) is 0 Å². The van der Waals surface area contributed by atoms with Crippen molar-refractivity contribution in [3.8, 4) is 0 Å². The van der Waals surface area contributed by atoms with E-state index in [0.29, 0.717) is 0 Å². The predicted octanol–water partition coefficient (Wildman–Crippen LogP) is 4.54. The second kappa shape index (κ2) is 5.33. The molecule has 0 spiro atoms. The molecule has 0 aliphatic rings. The fraction of sp³-hybridized carbons (Fsp3) is 0.167. The van der Waals surface area contributed by atoms with Crippen LogP contribution in [0.5, 0.6) is 0 Å². The summed E-state index contributed by atoms with van der Waals surface area (Å²) in [5, 5.41) is 0. The second-order valence-electron chi connectivity index (χ2n) is 4.95. The summed E-state index contributed by atoms with van der Waals surface area (Å²) in [4.78, 5) is 4.69. The smallest absolute Gasteiger partial charge is 0.133 e. The van der Waals surface area contributed by atoms with Crippen LogP contribution in [0.4, 0.5) is 0 Å². The zero-order valence-corrected chi connectivity index (χ0v) is 11.9. The largest absolute Gasteiger partial charge is 0.325 e. The maximum atomic E-state index is 4.69. The topological polar surface area (TPSA) is 17.8 Å². The minimum Gasteiger partial charge on any atom is -0.325 e. The van der Waals surface area contributed by atoms with Crippen molar-refractivity contribution in [2.24, 2.45) is 0 Å². The quantitative estimate of drug-likeness (QED) is 0.678. The average molecular weight is 262 g/mol. The summed E-state index contributed by atoms with van der Waals surface area (Å²) >= 11 is 0. The van der Waals surface area contributed by atoms with Gasteiger partial charge in [0.1, 0.15) is 5.82 Å². The Kier molecular flexibility index (Phi) is 3.38. The summed E-state index contributed by atoms with van der Waals surface area (Å²) in [5.41, 5.74) is 4.73. The lowest BCUT2D eigenvalue weighted by atomic mass is 10.1. The maximum absolute atomic E-state index is 4.69. The second-order valence-corrected chi connectivity index (χ2v) is 4.95. The molecule has 0 aliphatic heterocycles. The molecule has 100 valence electrons. The third-order valence-electron chi connectivity index (χ3n) is 3.50. The van der Waals surface area contributed by atoms with Crippen LogP contribution in [-0.4, -0.2) is 9.55 Å². The first kappa shape index (κ1) is 12.7. The van der Waals surface area contributed by atoms with Crippen LogP contribution in [0, 0.1) is 6.92 Å². The van der Waals surface area contributed by atoms with E-state index in [1.165, 1.54) is 16.6 Å². The number of benzene rings is 2. The summed E-state index contributed by atoms with van der Waals surface area (Å²) in [5.74, 6) is 1.01. The van der Waals surface area contributed by atoms with Crippen molar-refractivity contribution < 1.29 is 0 Å². The molecule has 2 heteroatoms. The number of aryl methyl sites for hydroxylation is 2. The Balaban J connectivity index is 1.99. The van der Waals surface area contributed by atoms with Gasteiger partial charge >= 0.3 is 0 Å². The van der Waals surface area contributed by atoms with E-state index >= 15 is 0 Å². The first-order valence-electron chi connectivity index (χ1n) is 6.98. The molecular formula is C18H18N2. The molecule has 2 nitrogen and oxygen atoms in total. The molecule has 0 saturated heterocycles. The highest BCUT2D eigenvalue weighted by Gasteiger charge is 2.05. The molecule has 0 bridgehead atoms. The Bertz CT molecular complexity index is 749. The Morgan fingerprint density at radius 3 is 2.50 bits per heavy atom. The highest BCUT2D eigenvalue weighted by atomic mass is 15.1. The third-order valence-corrected chi connectivity index (χ3v) is 3.50. The van der Waals surface area contributed by atoms with E-state index in [2.05, 4.69) is 73.0 Å². The van der Waals surface area contributed by atoms with Gasteiger partial charge < -0.3 is 4.57 Å². The molecule has 1 aromatic heterocycles. The van der Waals surface area contributed by atoms with Gasteiger partial charge in [0, 0.05) is 6.54 Å². The molecule has 0 aliphatic carbocycles. The van der Waals surface area contributed by atoms with Crippen molar-refractivity contribution in [1.82, 2.24) is 9.55 Å². The van der Waals surface area contributed by atoms with Crippen LogP contribution in [0.3, 0.4) is 0 Å². The normalized spacial score (nSPS) is 11.5. The number of hydrogen-bond donors (Lipinski definition) is 0. The van der Waals surface area contributed by atoms with Crippen molar-refractivity contribution in [1.29, 1.82) is 0 Å². The first-order valence-corrected chi connectivity index (χ1v) is 6.98. The number of imidazole rings is 1. The molecule has 0 fully saturated rings. The zero-order valence-electron chi connectivity index (χ0n) is 11.9. The molecule has 2 aromatic carbocycles. The minimum atomic E-state index is 0.925. The molecule has 0 amide bonds. The predicted molar refractivity (Wildman–Crippen MR) is 85.5 cm³/mol. The van der Waals surface area contributed by atoms with Gasteiger partial charge in [0.15, 0.2) is 0 Å². The van der Waals surface area contributed by atoms with Crippen molar-refractivity contribution in [2.45, 2.75) is 20.4 Å². The number of hydrogen-bond acceptors (Lipinski definition) is 1. The van der Waals surface area contributed by atoms with Gasteiger partial charge in [-0.3, -0.25) is 0 Å². The van der Waals surface area contributed by atoms with Gasteiger partial charge in [-0.2, -0.15) is 0 Å². The van der Waals surface area contributed by atoms with E-state index in [4.69, 9.17) is 4.98 Å². The van der Waals surface area contributed by atoms with Crippen LogP contribution in [-0.2, 0) is 6.54 Å². The van der Waals surface area contributed by atoms with Crippen molar-refractivity contribution in [3.05, 3.63) is 65.5 Å². The summed E-state index contributed by atoms with van der Waals surface area (Å²) in [6.45, 7) is 5.18. The lowest BCUT2D eigenvalue weighted by Crippen LogP contribution is -1.96. The summed E-state index contributed by atoms with van der Waals surface area (Å²) in [7, 11) is 0. The van der Waals surface area contributed by atoms with Crippen LogP contribution in [0.25, 0.3) is 23.2 Å². The Morgan fingerprint density at radius 1 is 1.00 bits per heavy atom. The van der Waals surface area contributed by atoms with E-state index < -0.39 is 0 Å². The minimum absolute atomic E-state index is 0.925. The van der Waals surface area contributed by atoms with Crippen molar-refractivity contribution in [2.75, 3.05) is 0 Å². The molecule has 0 saturated carbocycles. The zero-order chi connectivity index (χ0) is 13.9. The fourth-order valence-corrected chi connectivity index (χ4v) is 2.40. The van der Waals surface area contributed by atoms with Gasteiger partial charge in [-0.05, 0) is 37.6 Å². The van der Waals surface area contributed by atoms with E-state index in [9.17, 15) is 0 Å². The van der Waals surface area contributed by atoms with Crippen molar-refractivity contribution >= 4 is 23.2 Å². The van der Waals surface area contributed by atoms with Gasteiger partial charge in [-0.25, -0.2) is 4.98 Å². The Labute approximate surface area is 119 Å². The highest BCUT2D eigenvalue weighted by Crippen LogP contribution is 2.17. The molecule has 0 unspecified atom stereocenters. The number of para-hydroxylation sites is 2. The lowest BCUT2D eigenvalue weighted by Gasteiger charge is -2.02. The van der Waals surface area contributed by atoms with Gasteiger partial charge in [-0.1, -0.05) is 48.0 Å². The average Bonchev–Trinajstić information content (AvgIpc) is 2.84. The summed E-state index contributed by atoms with van der Waals surface area (Å²) in [6, 6.07) is 16.8. The molecule has 3 aromatic rings. The molecule has 1 heterocycles. The van der Waals surface area contributed by atoms with Gasteiger partial charge in [0.05, 0.1) is 11.0 Å². The van der Waals surface area contributed by atoms with Crippen LogP contribution in [0.1, 0.15) is 23.9 Å². The number of fused-ring (bicyclic) bond motifs is 1. The van der Waals surface area contributed by atoms with Crippen molar-refractivity contribution in [3.63, 3.8) is 0 Å². The first-order chi connectivity index (χ1) is 9.78. The van der Waals surface area contributed by atoms with E-state index in [0.717, 1.165) is 17.9 Å². The SMILES string of the molecule is CCn1c(/C=C/c2ccc(C)cc2)nc2ccccc21. The lowest BCUT2D eigenvalue weighted by molar-refractivity contribution is 0.777. The van der Waals surface area contributed by atoms with Crippen LogP contribution in [0.2, 0.25) is 0 Å². The fourth-order valence-electron chi connectivity index (χ4n) is 2.40. The van der Waals surface area contributed by atoms with Crippen LogP contribution in [0.15, 0.2) is 48.5 Å². The maximum Gasteiger partial charge on any atom is 0.133 e. The third kappa shape index (κ3) is 2.37. The molecule has 3 rings (SSSR count). The van der Waals surface area contributed by atoms with E-state index in [-0.39, 0.29) is 0 Å². The number of nitrogens with zero attached hydrogens (tertiary/aromatic N) is 2.